The Morgan fingerprint density at radius 1 is 0.518 bits per heavy atom. The lowest BCUT2D eigenvalue weighted by Gasteiger charge is -2.45. The maximum Gasteiger partial charge on any atom is 0.339 e. The first-order valence-corrected chi connectivity index (χ1v) is 17.4. The maximum absolute atomic E-state index is 11.9. The van der Waals surface area contributed by atoms with Crippen LogP contribution in [0.5, 0.6) is 17.2 Å². The van der Waals surface area contributed by atoms with Gasteiger partial charge in [0.1, 0.15) is 87.3 Å². The van der Waals surface area contributed by atoms with Crippen LogP contribution in [0.1, 0.15) is 72.6 Å². The summed E-state index contributed by atoms with van der Waals surface area (Å²) in [5, 5.41) is 28.9. The van der Waals surface area contributed by atoms with Crippen LogP contribution in [-0.2, 0) is 28.4 Å². The summed E-state index contributed by atoms with van der Waals surface area (Å²) in [5.41, 5.74) is -0.113. The molecule has 3 N–H and O–H groups in total. The zero-order valence-electron chi connectivity index (χ0n) is 32.3. The molecule has 1 aliphatic rings. The first kappa shape index (κ1) is 42.7. The second-order valence-corrected chi connectivity index (χ2v) is 12.5. The number of carboxylic acid groups (broad SMARTS) is 3. The van der Waals surface area contributed by atoms with E-state index in [-0.39, 0.29) is 63.6 Å². The second-order valence-electron chi connectivity index (χ2n) is 12.5. The van der Waals surface area contributed by atoms with Gasteiger partial charge >= 0.3 is 17.9 Å². The molecular weight excluding hydrogens is 732 g/mol. The summed E-state index contributed by atoms with van der Waals surface area (Å²) in [4.78, 5) is 35.4. The van der Waals surface area contributed by atoms with E-state index in [1.807, 2.05) is 0 Å². The Labute approximate surface area is 324 Å². The van der Waals surface area contributed by atoms with Crippen molar-refractivity contribution in [2.24, 2.45) is 0 Å². The summed E-state index contributed by atoms with van der Waals surface area (Å²) in [6.07, 6.45) is -4.89. The minimum atomic E-state index is -1.17. The van der Waals surface area contributed by atoms with E-state index >= 15 is 0 Å². The van der Waals surface area contributed by atoms with Crippen LogP contribution in [0.2, 0.25) is 0 Å². The lowest BCUT2D eigenvalue weighted by atomic mass is 9.98. The molecule has 0 radical (unpaired) electrons. The number of rotatable bonds is 18. The van der Waals surface area contributed by atoms with Crippen LogP contribution in [0.25, 0.3) is 0 Å². The molecular formula is C41H46O15. The molecule has 56 heavy (non-hydrogen) atoms. The molecule has 0 saturated carbocycles. The molecule has 0 amide bonds. The van der Waals surface area contributed by atoms with Gasteiger partial charge in [0.25, 0.3) is 0 Å². The highest BCUT2D eigenvalue weighted by atomic mass is 16.7. The lowest BCUT2D eigenvalue weighted by molar-refractivity contribution is -0.304. The average molecular weight is 779 g/mol. The fourth-order valence-corrected chi connectivity index (χ4v) is 5.54. The number of methoxy groups -OCH3 is 2. The largest absolute Gasteiger partial charge is 0.492 e. The molecule has 3 aromatic carbocycles. The summed E-state index contributed by atoms with van der Waals surface area (Å²) >= 11 is 0. The van der Waals surface area contributed by atoms with Crippen LogP contribution in [0.3, 0.4) is 0 Å². The quantitative estimate of drug-likeness (QED) is 0.109. The number of hydrogen-bond acceptors (Lipinski definition) is 12. The number of carboxylic acids is 3. The fourth-order valence-electron chi connectivity index (χ4n) is 5.54. The SMILES string of the molecule is CO[C@@H]1OC(CO/C(C)=C(/C)Oc2ccccc2C(=O)O)[C@@H](OC)[C@H](O/C(C)=C(/C)Oc2ccccc2C(=O)O)C1O/C(C)=C(/C)Oc1ccccc1C(=O)O. The summed E-state index contributed by atoms with van der Waals surface area (Å²) in [6, 6.07) is 18.5. The fraction of sp³-hybridized carbons (Fsp3) is 0.341. The van der Waals surface area contributed by atoms with Gasteiger partial charge in [0.2, 0.25) is 0 Å². The van der Waals surface area contributed by atoms with Gasteiger partial charge in [-0.05, 0) is 77.9 Å². The number of benzene rings is 3. The van der Waals surface area contributed by atoms with Gasteiger partial charge in [-0.15, -0.1) is 0 Å². The van der Waals surface area contributed by atoms with Crippen molar-refractivity contribution in [3.63, 3.8) is 0 Å². The van der Waals surface area contributed by atoms with E-state index in [2.05, 4.69) is 0 Å². The van der Waals surface area contributed by atoms with Crippen molar-refractivity contribution in [2.45, 2.75) is 72.2 Å². The zero-order chi connectivity index (χ0) is 41.1. The van der Waals surface area contributed by atoms with E-state index in [4.69, 9.17) is 42.6 Å². The summed E-state index contributed by atoms with van der Waals surface area (Å²) < 4.78 is 54.9. The Balaban J connectivity index is 1.67. The third-order valence-corrected chi connectivity index (χ3v) is 8.81. The molecule has 300 valence electrons. The molecule has 0 spiro atoms. The van der Waals surface area contributed by atoms with Crippen LogP contribution < -0.4 is 14.2 Å². The predicted octanol–water partition coefficient (Wildman–Crippen LogP) is 7.25. The van der Waals surface area contributed by atoms with Gasteiger partial charge in [-0.25, -0.2) is 14.4 Å². The second kappa shape index (κ2) is 19.5. The molecule has 0 bridgehead atoms. The van der Waals surface area contributed by atoms with Crippen LogP contribution in [0.4, 0.5) is 0 Å². The standard InChI is InChI=1S/C41H46O15/c1-22(23(2)51-31-18-12-9-15-28(31)38(42)43)50-21-34-35(48-7)36(54-26(5)24(3)52-32-19-13-10-16-29(32)39(44)45)37(41(49-8)56-34)55-27(6)25(4)53-33-20-14-11-17-30(33)40(46)47/h9-20,34-37,41H,21H2,1-8H3,(H,42,43)(H,44,45)(H,46,47)/b23-22-,26-24-,27-25-/t34?,35-,36+,37?,41-/m1/s1. The van der Waals surface area contributed by atoms with Crippen molar-refractivity contribution in [3.05, 3.63) is 124 Å². The molecule has 15 heteroatoms. The summed E-state index contributed by atoms with van der Waals surface area (Å²) in [5.74, 6) is -1.53. The average Bonchev–Trinajstić information content (AvgIpc) is 3.17. The van der Waals surface area contributed by atoms with Crippen molar-refractivity contribution in [1.29, 1.82) is 0 Å². The molecule has 3 aromatic rings. The Morgan fingerprint density at radius 3 is 1.27 bits per heavy atom. The minimum absolute atomic E-state index is 0.0195. The van der Waals surface area contributed by atoms with Crippen LogP contribution in [-0.4, -0.2) is 84.8 Å². The first-order valence-electron chi connectivity index (χ1n) is 17.4. The van der Waals surface area contributed by atoms with Gasteiger partial charge in [0.05, 0.1) is 0 Å². The van der Waals surface area contributed by atoms with Gasteiger partial charge in [-0.1, -0.05) is 36.4 Å². The van der Waals surface area contributed by atoms with Gasteiger partial charge in [-0.2, -0.15) is 0 Å². The van der Waals surface area contributed by atoms with Crippen molar-refractivity contribution in [2.75, 3.05) is 20.8 Å². The highest BCUT2D eigenvalue weighted by Gasteiger charge is 2.50. The van der Waals surface area contributed by atoms with Crippen LogP contribution in [0.15, 0.2) is 107 Å². The number of carbonyl (C=O) groups is 3. The maximum atomic E-state index is 11.9. The van der Waals surface area contributed by atoms with Gasteiger partial charge in [0, 0.05) is 14.2 Å². The number of ether oxygens (including phenoxy) is 9. The number of aromatic carboxylic acids is 3. The molecule has 5 atom stereocenters. The molecule has 2 unspecified atom stereocenters. The third kappa shape index (κ3) is 10.6. The van der Waals surface area contributed by atoms with E-state index in [9.17, 15) is 29.7 Å². The topological polar surface area (TPSA) is 195 Å². The normalized spacial score (nSPS) is 20.7. The number of allylic oxidation sites excluding steroid dienone is 6. The van der Waals surface area contributed by atoms with Gasteiger partial charge in [-0.3, -0.25) is 0 Å². The van der Waals surface area contributed by atoms with Crippen molar-refractivity contribution in [1.82, 2.24) is 0 Å². The monoisotopic (exact) mass is 778 g/mol. The smallest absolute Gasteiger partial charge is 0.339 e. The highest BCUT2D eigenvalue weighted by Crippen LogP contribution is 2.34. The lowest BCUT2D eigenvalue weighted by Crippen LogP contribution is -2.61. The number of hydrogen-bond donors (Lipinski definition) is 3. The number of para-hydroxylation sites is 3. The van der Waals surface area contributed by atoms with Crippen LogP contribution >= 0.6 is 0 Å². The van der Waals surface area contributed by atoms with Gasteiger partial charge < -0.3 is 58.0 Å². The molecule has 1 fully saturated rings. The van der Waals surface area contributed by atoms with Crippen molar-refractivity contribution in [3.8, 4) is 17.2 Å². The highest BCUT2D eigenvalue weighted by molar-refractivity contribution is 5.91. The van der Waals surface area contributed by atoms with Gasteiger partial charge in [0.15, 0.2) is 18.5 Å². The Morgan fingerprint density at radius 2 is 0.893 bits per heavy atom. The minimum Gasteiger partial charge on any atom is -0.492 e. The molecule has 4 rings (SSSR count). The Kier molecular flexibility index (Phi) is 14.9. The molecule has 0 aromatic heterocycles. The van der Waals surface area contributed by atoms with E-state index in [1.165, 1.54) is 50.6 Å². The summed E-state index contributed by atoms with van der Waals surface area (Å²) in [6.45, 7) is 9.65. The van der Waals surface area contributed by atoms with E-state index in [0.717, 1.165) is 0 Å². The summed E-state index contributed by atoms with van der Waals surface area (Å²) in [7, 11) is 2.87. The molecule has 1 saturated heterocycles. The molecule has 0 aliphatic carbocycles. The molecule has 1 heterocycles. The molecule has 1 aliphatic heterocycles. The van der Waals surface area contributed by atoms with E-state index in [0.29, 0.717) is 11.5 Å². The molecule has 15 nitrogen and oxygen atoms in total. The van der Waals surface area contributed by atoms with E-state index in [1.54, 1.807) is 77.9 Å². The first-order chi connectivity index (χ1) is 26.7. The zero-order valence-corrected chi connectivity index (χ0v) is 32.3. The van der Waals surface area contributed by atoms with E-state index < -0.39 is 48.6 Å². The predicted molar refractivity (Wildman–Crippen MR) is 199 cm³/mol. The third-order valence-electron chi connectivity index (χ3n) is 8.81. The Hall–Kier alpha value is -6.03. The van der Waals surface area contributed by atoms with Crippen molar-refractivity contribution < 1.29 is 72.3 Å². The van der Waals surface area contributed by atoms with Crippen molar-refractivity contribution >= 4 is 17.9 Å². The van der Waals surface area contributed by atoms with Crippen LogP contribution in [0, 0.1) is 0 Å². The Bertz CT molecular complexity index is 1980.